The van der Waals surface area contributed by atoms with Gasteiger partial charge < -0.3 is 15.8 Å². The minimum absolute atomic E-state index is 0.0938. The van der Waals surface area contributed by atoms with Crippen molar-refractivity contribution in [3.05, 3.63) is 58.6 Å². The number of hydrogen-bond donors (Lipinski definition) is 2. The van der Waals surface area contributed by atoms with E-state index in [-0.39, 0.29) is 28.3 Å². The number of nitrogens with one attached hydrogen (secondary N) is 1. The summed E-state index contributed by atoms with van der Waals surface area (Å²) in [6, 6.07) is 12.4. The van der Waals surface area contributed by atoms with Gasteiger partial charge in [-0.25, -0.2) is 0 Å². The highest BCUT2D eigenvalue weighted by molar-refractivity contribution is 6.34. The molecule has 0 bridgehead atoms. The van der Waals surface area contributed by atoms with Gasteiger partial charge in [-0.1, -0.05) is 29.8 Å². The number of anilines is 1. The van der Waals surface area contributed by atoms with Crippen molar-refractivity contribution in [3.63, 3.8) is 0 Å². The molecule has 3 rings (SSSR count). The Morgan fingerprint density at radius 3 is 2.71 bits per heavy atom. The van der Waals surface area contributed by atoms with Gasteiger partial charge in [0.15, 0.2) is 0 Å². The monoisotopic (exact) mass is 344 g/mol. The van der Waals surface area contributed by atoms with E-state index in [1.807, 2.05) is 24.3 Å². The molecule has 1 fully saturated rings. The molecule has 0 aromatic heterocycles. The summed E-state index contributed by atoms with van der Waals surface area (Å²) < 4.78 is 5.35. The van der Waals surface area contributed by atoms with Gasteiger partial charge in [0.1, 0.15) is 5.75 Å². The maximum atomic E-state index is 12.4. The summed E-state index contributed by atoms with van der Waals surface area (Å²) in [5, 5.41) is 3.08. The van der Waals surface area contributed by atoms with Crippen LogP contribution in [0.5, 0.6) is 5.75 Å². The molecule has 24 heavy (non-hydrogen) atoms. The van der Waals surface area contributed by atoms with Crippen molar-refractivity contribution in [1.29, 1.82) is 0 Å². The molecule has 3 N–H and O–H groups in total. The van der Waals surface area contributed by atoms with Crippen molar-refractivity contribution in [2.75, 3.05) is 12.4 Å². The van der Waals surface area contributed by atoms with Crippen LogP contribution in [-0.4, -0.2) is 18.9 Å². The lowest BCUT2D eigenvalue weighted by atomic mass is 10.1. The number of primary amides is 1. The summed E-state index contributed by atoms with van der Waals surface area (Å²) in [6.45, 7) is 0. The van der Waals surface area contributed by atoms with E-state index in [9.17, 15) is 9.59 Å². The first-order valence-electron chi connectivity index (χ1n) is 7.54. The van der Waals surface area contributed by atoms with Crippen molar-refractivity contribution < 1.29 is 14.3 Å². The van der Waals surface area contributed by atoms with Gasteiger partial charge in [-0.3, -0.25) is 9.59 Å². The SMILES string of the molecule is COc1ccccc1[C@H]1C[C@@H]1C(=O)Nc1ccc(Cl)c(C(N)=O)c1. The number of amides is 2. The average molecular weight is 345 g/mol. The molecule has 1 aliphatic rings. The minimum atomic E-state index is -0.630. The number of para-hydroxylation sites is 1. The number of ether oxygens (including phenoxy) is 1. The van der Waals surface area contributed by atoms with Gasteiger partial charge in [0.25, 0.3) is 0 Å². The summed E-state index contributed by atoms with van der Waals surface area (Å²) in [5.74, 6) is 0.0939. The Morgan fingerprint density at radius 1 is 1.25 bits per heavy atom. The molecular formula is C18H17ClN2O3. The number of nitrogens with two attached hydrogens (primary N) is 1. The highest BCUT2D eigenvalue weighted by atomic mass is 35.5. The smallest absolute Gasteiger partial charge is 0.250 e. The van der Waals surface area contributed by atoms with Gasteiger partial charge in [-0.2, -0.15) is 0 Å². The van der Waals surface area contributed by atoms with Gasteiger partial charge in [0.05, 0.1) is 17.7 Å². The Kier molecular flexibility index (Phi) is 4.44. The molecule has 2 aromatic rings. The second-order valence-electron chi connectivity index (χ2n) is 5.74. The van der Waals surface area contributed by atoms with E-state index < -0.39 is 5.91 Å². The first-order valence-corrected chi connectivity index (χ1v) is 7.92. The fraction of sp³-hybridized carbons (Fsp3) is 0.222. The molecule has 0 heterocycles. The normalized spacial score (nSPS) is 18.8. The molecule has 5 nitrogen and oxygen atoms in total. The summed E-state index contributed by atoms with van der Waals surface area (Å²) in [7, 11) is 1.62. The molecule has 1 saturated carbocycles. The van der Waals surface area contributed by atoms with E-state index in [0.29, 0.717) is 5.69 Å². The highest BCUT2D eigenvalue weighted by Crippen LogP contribution is 2.50. The lowest BCUT2D eigenvalue weighted by Crippen LogP contribution is -2.16. The largest absolute Gasteiger partial charge is 0.496 e. The molecule has 2 aromatic carbocycles. The molecule has 6 heteroatoms. The average Bonchev–Trinajstić information content (AvgIpc) is 3.37. The van der Waals surface area contributed by atoms with Crippen LogP contribution < -0.4 is 15.8 Å². The topological polar surface area (TPSA) is 81.4 Å². The number of methoxy groups -OCH3 is 1. The van der Waals surface area contributed by atoms with Crippen LogP contribution in [0.1, 0.15) is 28.3 Å². The quantitative estimate of drug-likeness (QED) is 0.874. The van der Waals surface area contributed by atoms with Crippen LogP contribution in [0, 0.1) is 5.92 Å². The van der Waals surface area contributed by atoms with Crippen LogP contribution in [0.4, 0.5) is 5.69 Å². The zero-order chi connectivity index (χ0) is 17.3. The van der Waals surface area contributed by atoms with Crippen LogP contribution >= 0.6 is 11.6 Å². The molecule has 0 radical (unpaired) electrons. The Morgan fingerprint density at radius 2 is 2.00 bits per heavy atom. The van der Waals surface area contributed by atoms with E-state index in [1.54, 1.807) is 19.2 Å². The molecule has 0 saturated heterocycles. The standard InChI is InChI=1S/C18H17ClN2O3/c1-24-16-5-3-2-4-11(16)12-9-13(12)18(23)21-10-6-7-15(19)14(8-10)17(20)22/h2-8,12-13H,9H2,1H3,(H2,20,22)(H,21,23)/t12-,13+/m1/s1. The minimum Gasteiger partial charge on any atom is -0.496 e. The predicted molar refractivity (Wildman–Crippen MR) is 92.4 cm³/mol. The molecule has 0 aliphatic heterocycles. The van der Waals surface area contributed by atoms with Crippen molar-refractivity contribution in [1.82, 2.24) is 0 Å². The Balaban J connectivity index is 1.71. The maximum absolute atomic E-state index is 12.4. The number of benzene rings is 2. The van der Waals surface area contributed by atoms with E-state index in [2.05, 4.69) is 5.32 Å². The summed E-state index contributed by atoms with van der Waals surface area (Å²) in [6.07, 6.45) is 0.766. The van der Waals surface area contributed by atoms with Crippen LogP contribution in [0.2, 0.25) is 5.02 Å². The van der Waals surface area contributed by atoms with Crippen LogP contribution in [0.15, 0.2) is 42.5 Å². The van der Waals surface area contributed by atoms with Crippen LogP contribution in [0.3, 0.4) is 0 Å². The summed E-state index contributed by atoms with van der Waals surface area (Å²) >= 11 is 5.91. The summed E-state index contributed by atoms with van der Waals surface area (Å²) in [4.78, 5) is 23.7. The van der Waals surface area contributed by atoms with Gasteiger partial charge in [0, 0.05) is 11.6 Å². The molecule has 0 unspecified atom stereocenters. The van der Waals surface area contributed by atoms with Crippen molar-refractivity contribution in [2.45, 2.75) is 12.3 Å². The molecular weight excluding hydrogens is 328 g/mol. The van der Waals surface area contributed by atoms with Gasteiger partial charge in [0.2, 0.25) is 11.8 Å². The molecule has 1 aliphatic carbocycles. The number of rotatable bonds is 5. The number of carbonyl (C=O) groups excluding carboxylic acids is 2. The lowest BCUT2D eigenvalue weighted by molar-refractivity contribution is -0.117. The van der Waals surface area contributed by atoms with Crippen molar-refractivity contribution >= 4 is 29.1 Å². The first kappa shape index (κ1) is 16.3. The maximum Gasteiger partial charge on any atom is 0.250 e. The molecule has 2 atom stereocenters. The van der Waals surface area contributed by atoms with Crippen molar-refractivity contribution in [2.24, 2.45) is 11.7 Å². The van der Waals surface area contributed by atoms with E-state index in [0.717, 1.165) is 17.7 Å². The Bertz CT molecular complexity index is 807. The number of halogens is 1. The third-order valence-corrected chi connectivity index (χ3v) is 4.49. The summed E-state index contributed by atoms with van der Waals surface area (Å²) in [5.41, 5.74) is 6.99. The zero-order valence-corrected chi connectivity index (χ0v) is 13.8. The fourth-order valence-electron chi connectivity index (χ4n) is 2.83. The third-order valence-electron chi connectivity index (χ3n) is 4.16. The zero-order valence-electron chi connectivity index (χ0n) is 13.1. The molecule has 124 valence electrons. The van der Waals surface area contributed by atoms with Gasteiger partial charge >= 0.3 is 0 Å². The van der Waals surface area contributed by atoms with Crippen LogP contribution in [0.25, 0.3) is 0 Å². The van der Waals surface area contributed by atoms with Crippen LogP contribution in [-0.2, 0) is 4.79 Å². The van der Waals surface area contributed by atoms with Gasteiger partial charge in [-0.15, -0.1) is 0 Å². The lowest BCUT2D eigenvalue weighted by Gasteiger charge is -2.09. The number of hydrogen-bond acceptors (Lipinski definition) is 3. The Labute approximate surface area is 144 Å². The van der Waals surface area contributed by atoms with E-state index in [1.165, 1.54) is 6.07 Å². The predicted octanol–water partition coefficient (Wildman–Crippen LogP) is 3.19. The van der Waals surface area contributed by atoms with Gasteiger partial charge in [-0.05, 0) is 42.2 Å². The second kappa shape index (κ2) is 6.53. The highest BCUT2D eigenvalue weighted by Gasteiger charge is 2.45. The van der Waals surface area contributed by atoms with E-state index >= 15 is 0 Å². The molecule has 0 spiro atoms. The number of carbonyl (C=O) groups is 2. The molecule has 2 amide bonds. The van der Waals surface area contributed by atoms with Crippen molar-refractivity contribution in [3.8, 4) is 5.75 Å². The third kappa shape index (κ3) is 3.21. The fourth-order valence-corrected chi connectivity index (χ4v) is 3.04. The first-order chi connectivity index (χ1) is 11.5. The van der Waals surface area contributed by atoms with E-state index in [4.69, 9.17) is 22.1 Å². The second-order valence-corrected chi connectivity index (χ2v) is 6.15. The Hall–Kier alpha value is -2.53.